The molecule has 1 unspecified atom stereocenters. The molecule has 0 aromatic carbocycles. The van der Waals surface area contributed by atoms with Crippen molar-refractivity contribution in [2.75, 3.05) is 11.4 Å². The minimum atomic E-state index is 0.452. The number of hydrogen-bond donors (Lipinski definition) is 0. The van der Waals surface area contributed by atoms with Crippen molar-refractivity contribution < 1.29 is 0 Å². The van der Waals surface area contributed by atoms with E-state index in [1.54, 1.807) is 12.4 Å². The predicted molar refractivity (Wildman–Crippen MR) is 66.6 cm³/mol. The van der Waals surface area contributed by atoms with Crippen LogP contribution in [0.1, 0.15) is 44.7 Å². The van der Waals surface area contributed by atoms with E-state index in [1.807, 2.05) is 0 Å². The van der Waals surface area contributed by atoms with Gasteiger partial charge in [-0.3, -0.25) is 0 Å². The average molecular weight is 230 g/mol. The van der Waals surface area contributed by atoms with Crippen LogP contribution in [0.3, 0.4) is 0 Å². The van der Waals surface area contributed by atoms with Crippen LogP contribution in [0.25, 0.3) is 0 Å². The van der Waals surface area contributed by atoms with Crippen molar-refractivity contribution in [2.45, 2.75) is 45.1 Å². The van der Waals surface area contributed by atoms with Crippen LogP contribution in [0, 0.1) is 11.3 Å². The highest BCUT2D eigenvalue weighted by Crippen LogP contribution is 2.25. The molecule has 0 aliphatic carbocycles. The van der Waals surface area contributed by atoms with Gasteiger partial charge in [-0.25, -0.2) is 9.97 Å². The maximum Gasteiger partial charge on any atom is 0.183 e. The van der Waals surface area contributed by atoms with E-state index in [0.29, 0.717) is 11.7 Å². The number of nitriles is 1. The first-order chi connectivity index (χ1) is 8.36. The summed E-state index contributed by atoms with van der Waals surface area (Å²) in [5.74, 6) is 0.767. The second kappa shape index (κ2) is 5.62. The van der Waals surface area contributed by atoms with Crippen molar-refractivity contribution in [3.63, 3.8) is 0 Å². The van der Waals surface area contributed by atoms with Gasteiger partial charge < -0.3 is 4.90 Å². The number of nitrogens with zero attached hydrogens (tertiary/aromatic N) is 4. The summed E-state index contributed by atoms with van der Waals surface area (Å²) >= 11 is 0. The smallest absolute Gasteiger partial charge is 0.183 e. The van der Waals surface area contributed by atoms with Crippen LogP contribution in [0.5, 0.6) is 0 Å². The molecule has 17 heavy (non-hydrogen) atoms. The summed E-state index contributed by atoms with van der Waals surface area (Å²) in [5.41, 5.74) is 0.452. The topological polar surface area (TPSA) is 52.8 Å². The first kappa shape index (κ1) is 11.8. The van der Waals surface area contributed by atoms with E-state index in [2.05, 4.69) is 27.9 Å². The Hall–Kier alpha value is -1.63. The zero-order valence-electron chi connectivity index (χ0n) is 10.3. The lowest BCUT2D eigenvalue weighted by Crippen LogP contribution is -2.35. The van der Waals surface area contributed by atoms with Crippen LogP contribution >= 0.6 is 0 Å². The number of hydrogen-bond acceptors (Lipinski definition) is 4. The largest absolute Gasteiger partial charge is 0.351 e. The molecule has 2 rings (SSSR count). The van der Waals surface area contributed by atoms with Gasteiger partial charge in [-0.05, 0) is 19.3 Å². The molecule has 1 aliphatic rings. The maximum absolute atomic E-state index is 9.10. The van der Waals surface area contributed by atoms with Gasteiger partial charge in [0, 0.05) is 25.0 Å². The average Bonchev–Trinajstić information content (AvgIpc) is 2.63. The Morgan fingerprint density at radius 3 is 2.94 bits per heavy atom. The second-order valence-electron chi connectivity index (χ2n) is 4.45. The first-order valence-corrected chi connectivity index (χ1v) is 6.34. The number of anilines is 1. The molecule has 1 aromatic rings. The molecule has 1 saturated heterocycles. The van der Waals surface area contributed by atoms with Gasteiger partial charge in [0.2, 0.25) is 0 Å². The molecule has 0 bridgehead atoms. The fraction of sp³-hybridized carbons (Fsp3) is 0.615. The molecule has 1 aliphatic heterocycles. The monoisotopic (exact) mass is 230 g/mol. The Morgan fingerprint density at radius 2 is 2.18 bits per heavy atom. The molecule has 1 aromatic heterocycles. The Morgan fingerprint density at radius 1 is 1.35 bits per heavy atom. The molecular weight excluding hydrogens is 212 g/mol. The highest BCUT2D eigenvalue weighted by Gasteiger charge is 2.23. The van der Waals surface area contributed by atoms with Gasteiger partial charge in [0.15, 0.2) is 11.5 Å². The highest BCUT2D eigenvalue weighted by atomic mass is 15.2. The van der Waals surface area contributed by atoms with Gasteiger partial charge in [0.1, 0.15) is 6.07 Å². The van der Waals surface area contributed by atoms with E-state index >= 15 is 0 Å². The summed E-state index contributed by atoms with van der Waals surface area (Å²) in [6, 6.07) is 2.64. The summed E-state index contributed by atoms with van der Waals surface area (Å²) in [6.07, 6.45) is 9.28. The van der Waals surface area contributed by atoms with Gasteiger partial charge in [0.25, 0.3) is 0 Å². The SMILES string of the molecule is CCC1CCCCCN1c1nccnc1C#N. The molecule has 0 spiro atoms. The fourth-order valence-corrected chi connectivity index (χ4v) is 2.50. The van der Waals surface area contributed by atoms with Gasteiger partial charge >= 0.3 is 0 Å². The first-order valence-electron chi connectivity index (χ1n) is 6.34. The summed E-state index contributed by atoms with van der Waals surface area (Å²) in [6.45, 7) is 3.19. The molecule has 0 N–H and O–H groups in total. The van der Waals surface area contributed by atoms with E-state index in [4.69, 9.17) is 5.26 Å². The third-order valence-corrected chi connectivity index (χ3v) is 3.41. The van der Waals surface area contributed by atoms with Crippen LogP contribution in [0.4, 0.5) is 5.82 Å². The molecule has 0 saturated carbocycles. The summed E-state index contributed by atoms with van der Waals surface area (Å²) < 4.78 is 0. The minimum absolute atomic E-state index is 0.452. The van der Waals surface area contributed by atoms with Crippen molar-refractivity contribution in [2.24, 2.45) is 0 Å². The fourth-order valence-electron chi connectivity index (χ4n) is 2.50. The Balaban J connectivity index is 2.32. The van der Waals surface area contributed by atoms with Crippen LogP contribution < -0.4 is 4.90 Å². The zero-order valence-corrected chi connectivity index (χ0v) is 10.3. The lowest BCUT2D eigenvalue weighted by Gasteiger charge is -2.30. The lowest BCUT2D eigenvalue weighted by molar-refractivity contribution is 0.551. The van der Waals surface area contributed by atoms with E-state index in [0.717, 1.165) is 18.8 Å². The summed E-state index contributed by atoms with van der Waals surface area (Å²) in [5, 5.41) is 9.10. The molecule has 0 amide bonds. The molecule has 4 nitrogen and oxygen atoms in total. The van der Waals surface area contributed by atoms with Crippen molar-refractivity contribution in [3.05, 3.63) is 18.1 Å². The minimum Gasteiger partial charge on any atom is -0.351 e. The molecule has 1 atom stereocenters. The van der Waals surface area contributed by atoms with Crippen molar-refractivity contribution in [1.82, 2.24) is 9.97 Å². The van der Waals surface area contributed by atoms with Crippen LogP contribution in [0.15, 0.2) is 12.4 Å². The van der Waals surface area contributed by atoms with Crippen LogP contribution in [-0.4, -0.2) is 22.6 Å². The highest BCUT2D eigenvalue weighted by molar-refractivity contribution is 5.50. The third kappa shape index (κ3) is 2.55. The molecule has 2 heterocycles. The quantitative estimate of drug-likeness (QED) is 0.783. The molecule has 4 heteroatoms. The van der Waals surface area contributed by atoms with Crippen molar-refractivity contribution in [3.8, 4) is 6.07 Å². The van der Waals surface area contributed by atoms with E-state index in [9.17, 15) is 0 Å². The molecule has 0 radical (unpaired) electrons. The zero-order chi connectivity index (χ0) is 12.1. The maximum atomic E-state index is 9.10. The Kier molecular flexibility index (Phi) is 3.92. The van der Waals surface area contributed by atoms with Gasteiger partial charge in [-0.1, -0.05) is 19.8 Å². The van der Waals surface area contributed by atoms with Gasteiger partial charge in [-0.2, -0.15) is 5.26 Å². The van der Waals surface area contributed by atoms with E-state index < -0.39 is 0 Å². The second-order valence-corrected chi connectivity index (χ2v) is 4.45. The lowest BCUT2D eigenvalue weighted by atomic mass is 10.1. The van der Waals surface area contributed by atoms with Crippen LogP contribution in [-0.2, 0) is 0 Å². The third-order valence-electron chi connectivity index (χ3n) is 3.41. The molecule has 90 valence electrons. The Bertz CT molecular complexity index is 410. The van der Waals surface area contributed by atoms with Crippen molar-refractivity contribution >= 4 is 5.82 Å². The standard InChI is InChI=1S/C13H18N4/c1-2-11-6-4-3-5-9-17(11)13-12(10-14)15-7-8-16-13/h7-8,11H,2-6,9H2,1H3. The number of aromatic nitrogens is 2. The molecular formula is C13H18N4. The van der Waals surface area contributed by atoms with E-state index in [-0.39, 0.29) is 0 Å². The normalized spacial score (nSPS) is 20.7. The van der Waals surface area contributed by atoms with Gasteiger partial charge in [-0.15, -0.1) is 0 Å². The summed E-state index contributed by atoms with van der Waals surface area (Å²) in [7, 11) is 0. The van der Waals surface area contributed by atoms with Crippen molar-refractivity contribution in [1.29, 1.82) is 5.26 Å². The predicted octanol–water partition coefficient (Wildman–Crippen LogP) is 2.51. The van der Waals surface area contributed by atoms with E-state index in [1.165, 1.54) is 25.7 Å². The molecule has 1 fully saturated rings. The Labute approximate surface area is 102 Å². The van der Waals surface area contributed by atoms with Crippen LogP contribution in [0.2, 0.25) is 0 Å². The number of rotatable bonds is 2. The summed E-state index contributed by atoms with van der Waals surface area (Å²) in [4.78, 5) is 10.7. The van der Waals surface area contributed by atoms with Gasteiger partial charge in [0.05, 0.1) is 0 Å².